The van der Waals surface area contributed by atoms with Crippen LogP contribution in [0.25, 0.3) is 0 Å². The van der Waals surface area contributed by atoms with E-state index in [0.29, 0.717) is 23.2 Å². The average Bonchev–Trinajstić information content (AvgIpc) is 2.90. The Kier molecular flexibility index (Phi) is 5.31. The van der Waals surface area contributed by atoms with Gasteiger partial charge in [0.2, 0.25) is 0 Å². The van der Waals surface area contributed by atoms with E-state index in [4.69, 9.17) is 5.73 Å². The standard InChI is InChI=1S/C16H24N6O/c1-5-12(6-2)22-11(4)13(9-19-22)16(23)20-10(3)15-18-8-7-14(17)21-15/h7-10,12H,5-6H2,1-4H3,(H,20,23)(H2,17,18,21). The molecule has 2 aromatic heterocycles. The molecule has 7 nitrogen and oxygen atoms in total. The minimum atomic E-state index is -0.332. The third-order valence-electron chi connectivity index (χ3n) is 4.01. The first-order valence-electron chi connectivity index (χ1n) is 7.91. The number of nitrogen functional groups attached to an aromatic ring is 1. The van der Waals surface area contributed by atoms with E-state index in [0.717, 1.165) is 18.5 Å². The summed E-state index contributed by atoms with van der Waals surface area (Å²) in [4.78, 5) is 20.8. The molecule has 0 spiro atoms. The van der Waals surface area contributed by atoms with Crippen molar-refractivity contribution in [3.63, 3.8) is 0 Å². The van der Waals surface area contributed by atoms with E-state index in [1.165, 1.54) is 0 Å². The summed E-state index contributed by atoms with van der Waals surface area (Å²) in [7, 11) is 0. The van der Waals surface area contributed by atoms with E-state index in [1.807, 2.05) is 18.5 Å². The number of carbonyl (C=O) groups is 1. The summed E-state index contributed by atoms with van der Waals surface area (Å²) in [5.41, 5.74) is 7.10. The van der Waals surface area contributed by atoms with E-state index in [-0.39, 0.29) is 11.9 Å². The number of hydrogen-bond acceptors (Lipinski definition) is 5. The Labute approximate surface area is 136 Å². The molecular formula is C16H24N6O. The van der Waals surface area contributed by atoms with Crippen LogP contribution >= 0.6 is 0 Å². The van der Waals surface area contributed by atoms with Crippen LogP contribution in [0.3, 0.4) is 0 Å². The van der Waals surface area contributed by atoms with Gasteiger partial charge >= 0.3 is 0 Å². The molecule has 0 fully saturated rings. The lowest BCUT2D eigenvalue weighted by atomic mass is 10.1. The summed E-state index contributed by atoms with van der Waals surface area (Å²) in [5, 5.41) is 7.27. The topological polar surface area (TPSA) is 98.7 Å². The van der Waals surface area contributed by atoms with Crippen molar-refractivity contribution in [2.75, 3.05) is 5.73 Å². The summed E-state index contributed by atoms with van der Waals surface area (Å²) in [5.74, 6) is 0.690. The molecule has 1 unspecified atom stereocenters. The van der Waals surface area contributed by atoms with Gasteiger partial charge in [-0.05, 0) is 32.8 Å². The van der Waals surface area contributed by atoms with Gasteiger partial charge in [-0.3, -0.25) is 9.48 Å². The number of aromatic nitrogens is 4. The molecule has 0 saturated heterocycles. The third kappa shape index (κ3) is 3.67. The van der Waals surface area contributed by atoms with E-state index >= 15 is 0 Å². The molecule has 1 amide bonds. The Morgan fingerprint density at radius 2 is 2.09 bits per heavy atom. The minimum absolute atomic E-state index is 0.182. The summed E-state index contributed by atoms with van der Waals surface area (Å²) >= 11 is 0. The molecule has 2 rings (SSSR count). The number of hydrogen-bond donors (Lipinski definition) is 2. The molecule has 0 aliphatic rings. The van der Waals surface area contributed by atoms with Crippen LogP contribution in [0.5, 0.6) is 0 Å². The summed E-state index contributed by atoms with van der Waals surface area (Å²) < 4.78 is 1.93. The zero-order valence-electron chi connectivity index (χ0n) is 14.1. The number of nitrogens with one attached hydrogen (secondary N) is 1. The van der Waals surface area contributed by atoms with Gasteiger partial charge in [0.15, 0.2) is 5.82 Å². The van der Waals surface area contributed by atoms with Crippen molar-refractivity contribution < 1.29 is 4.79 Å². The maximum absolute atomic E-state index is 12.5. The minimum Gasteiger partial charge on any atom is -0.384 e. The SMILES string of the molecule is CCC(CC)n1ncc(C(=O)NC(C)c2nccc(N)n2)c1C. The smallest absolute Gasteiger partial charge is 0.255 e. The van der Waals surface area contributed by atoms with Crippen LogP contribution in [0.4, 0.5) is 5.82 Å². The molecule has 0 aromatic carbocycles. The molecule has 0 bridgehead atoms. The highest BCUT2D eigenvalue weighted by Crippen LogP contribution is 2.19. The second kappa shape index (κ2) is 7.21. The summed E-state index contributed by atoms with van der Waals surface area (Å²) in [6, 6.07) is 1.59. The second-order valence-corrected chi connectivity index (χ2v) is 5.59. The molecule has 1 atom stereocenters. The summed E-state index contributed by atoms with van der Waals surface area (Å²) in [6.07, 6.45) is 5.16. The first-order valence-corrected chi connectivity index (χ1v) is 7.91. The third-order valence-corrected chi connectivity index (χ3v) is 4.01. The number of nitrogens with two attached hydrogens (primary N) is 1. The Balaban J connectivity index is 2.15. The Morgan fingerprint density at radius 1 is 1.39 bits per heavy atom. The zero-order chi connectivity index (χ0) is 17.0. The molecule has 2 heterocycles. The van der Waals surface area contributed by atoms with Crippen molar-refractivity contribution >= 4 is 11.7 Å². The van der Waals surface area contributed by atoms with Gasteiger partial charge in [0, 0.05) is 11.9 Å². The Bertz CT molecular complexity index is 677. The lowest BCUT2D eigenvalue weighted by Crippen LogP contribution is -2.28. The second-order valence-electron chi connectivity index (χ2n) is 5.59. The van der Waals surface area contributed by atoms with Crippen LogP contribution in [-0.2, 0) is 0 Å². The monoisotopic (exact) mass is 316 g/mol. The van der Waals surface area contributed by atoms with Crippen molar-refractivity contribution in [3.8, 4) is 0 Å². The lowest BCUT2D eigenvalue weighted by Gasteiger charge is -2.16. The maximum atomic E-state index is 12.5. The van der Waals surface area contributed by atoms with Crippen molar-refractivity contribution in [1.82, 2.24) is 25.1 Å². The van der Waals surface area contributed by atoms with Crippen molar-refractivity contribution in [2.24, 2.45) is 0 Å². The van der Waals surface area contributed by atoms with Gasteiger partial charge < -0.3 is 11.1 Å². The van der Waals surface area contributed by atoms with Gasteiger partial charge in [0.25, 0.3) is 5.91 Å². The fourth-order valence-corrected chi connectivity index (χ4v) is 2.58. The fraction of sp³-hybridized carbons (Fsp3) is 0.500. The van der Waals surface area contributed by atoms with Crippen LogP contribution in [-0.4, -0.2) is 25.7 Å². The molecule has 0 saturated carbocycles. The van der Waals surface area contributed by atoms with E-state index in [2.05, 4.69) is 34.2 Å². The van der Waals surface area contributed by atoms with Gasteiger partial charge in [0.1, 0.15) is 5.82 Å². The predicted molar refractivity (Wildman–Crippen MR) is 88.9 cm³/mol. The molecule has 7 heteroatoms. The fourth-order valence-electron chi connectivity index (χ4n) is 2.58. The van der Waals surface area contributed by atoms with Crippen LogP contribution in [0.2, 0.25) is 0 Å². The Morgan fingerprint density at radius 3 is 2.70 bits per heavy atom. The molecule has 0 aliphatic heterocycles. The van der Waals surface area contributed by atoms with Crippen LogP contribution < -0.4 is 11.1 Å². The van der Waals surface area contributed by atoms with Gasteiger partial charge in [-0.1, -0.05) is 13.8 Å². The predicted octanol–water partition coefficient (Wildman–Crippen LogP) is 2.42. The van der Waals surface area contributed by atoms with Gasteiger partial charge in [-0.15, -0.1) is 0 Å². The van der Waals surface area contributed by atoms with E-state index in [1.54, 1.807) is 18.5 Å². The Hall–Kier alpha value is -2.44. The normalized spacial score (nSPS) is 12.4. The van der Waals surface area contributed by atoms with Crippen molar-refractivity contribution in [1.29, 1.82) is 0 Å². The first-order chi connectivity index (χ1) is 11.0. The largest absolute Gasteiger partial charge is 0.384 e. The zero-order valence-corrected chi connectivity index (χ0v) is 14.1. The number of amides is 1. The molecule has 23 heavy (non-hydrogen) atoms. The van der Waals surface area contributed by atoms with Crippen molar-refractivity contribution in [3.05, 3.63) is 35.5 Å². The van der Waals surface area contributed by atoms with Gasteiger partial charge in [-0.2, -0.15) is 5.10 Å². The van der Waals surface area contributed by atoms with Crippen LogP contribution in [0, 0.1) is 6.92 Å². The maximum Gasteiger partial charge on any atom is 0.255 e. The quantitative estimate of drug-likeness (QED) is 0.852. The molecule has 0 radical (unpaired) electrons. The highest BCUT2D eigenvalue weighted by molar-refractivity contribution is 5.95. The molecule has 2 aromatic rings. The molecule has 3 N–H and O–H groups in total. The average molecular weight is 316 g/mol. The highest BCUT2D eigenvalue weighted by Gasteiger charge is 2.20. The number of anilines is 1. The molecule has 124 valence electrons. The number of nitrogens with zero attached hydrogens (tertiary/aromatic N) is 4. The van der Waals surface area contributed by atoms with Gasteiger partial charge in [0.05, 0.1) is 23.8 Å². The van der Waals surface area contributed by atoms with Gasteiger partial charge in [-0.25, -0.2) is 9.97 Å². The highest BCUT2D eigenvalue weighted by atomic mass is 16.1. The molecule has 0 aliphatic carbocycles. The van der Waals surface area contributed by atoms with E-state index < -0.39 is 0 Å². The van der Waals surface area contributed by atoms with Crippen LogP contribution in [0.15, 0.2) is 18.5 Å². The lowest BCUT2D eigenvalue weighted by molar-refractivity contribution is 0.0937. The van der Waals surface area contributed by atoms with Crippen molar-refractivity contribution in [2.45, 2.75) is 52.6 Å². The van der Waals surface area contributed by atoms with E-state index in [9.17, 15) is 4.79 Å². The first kappa shape index (κ1) is 16.9. The summed E-state index contributed by atoms with van der Waals surface area (Å²) in [6.45, 7) is 7.98. The van der Waals surface area contributed by atoms with Crippen LogP contribution in [0.1, 0.15) is 67.6 Å². The number of rotatable bonds is 6. The molecular weight excluding hydrogens is 292 g/mol. The number of carbonyl (C=O) groups excluding carboxylic acids is 1.